The van der Waals surface area contributed by atoms with Crippen LogP contribution in [0.5, 0.6) is 17.2 Å². The third-order valence-corrected chi connectivity index (χ3v) is 4.34. The second kappa shape index (κ2) is 4.65. The van der Waals surface area contributed by atoms with Crippen LogP contribution in [0.25, 0.3) is 0 Å². The summed E-state index contributed by atoms with van der Waals surface area (Å²) in [4.78, 5) is 12.1. The van der Waals surface area contributed by atoms with E-state index in [1.54, 1.807) is 21.3 Å². The fourth-order valence-electron chi connectivity index (χ4n) is 3.07. The minimum atomic E-state index is -0.611. The predicted octanol–water partition coefficient (Wildman–Crippen LogP) is 1.50. The molecule has 1 aliphatic carbocycles. The van der Waals surface area contributed by atoms with E-state index >= 15 is 0 Å². The first-order chi connectivity index (χ1) is 10.1. The van der Waals surface area contributed by atoms with Gasteiger partial charge in [0.2, 0.25) is 5.75 Å². The molecule has 1 heterocycles. The number of hydrogen-bond donors (Lipinski definition) is 1. The molecular formula is C15H18N2O4. The molecule has 0 saturated carbocycles. The van der Waals surface area contributed by atoms with Crippen molar-refractivity contribution in [2.45, 2.75) is 19.8 Å². The Kier molecular flexibility index (Phi) is 3.04. The maximum absolute atomic E-state index is 12.1. The Balaban J connectivity index is 2.28. The summed E-state index contributed by atoms with van der Waals surface area (Å²) in [7, 11) is 4.73. The molecule has 0 aromatic heterocycles. The van der Waals surface area contributed by atoms with Crippen molar-refractivity contribution in [3.63, 3.8) is 0 Å². The van der Waals surface area contributed by atoms with Crippen LogP contribution in [0.1, 0.15) is 24.5 Å². The Morgan fingerprint density at radius 1 is 1.19 bits per heavy atom. The van der Waals surface area contributed by atoms with Gasteiger partial charge in [-0.15, -0.1) is 0 Å². The Morgan fingerprint density at radius 2 is 1.90 bits per heavy atom. The van der Waals surface area contributed by atoms with Gasteiger partial charge in [-0.3, -0.25) is 4.79 Å². The lowest BCUT2D eigenvalue weighted by Crippen LogP contribution is -2.39. The number of amides is 1. The Labute approximate surface area is 123 Å². The van der Waals surface area contributed by atoms with Gasteiger partial charge >= 0.3 is 0 Å². The van der Waals surface area contributed by atoms with Gasteiger partial charge in [0.25, 0.3) is 5.91 Å². The van der Waals surface area contributed by atoms with Crippen LogP contribution in [-0.4, -0.2) is 32.9 Å². The lowest BCUT2D eigenvalue weighted by molar-refractivity contribution is -0.125. The first kappa shape index (κ1) is 13.7. The molecule has 1 N–H and O–H groups in total. The minimum absolute atomic E-state index is 0.0695. The van der Waals surface area contributed by atoms with Crippen molar-refractivity contribution >= 4 is 11.6 Å². The molecule has 1 amide bonds. The van der Waals surface area contributed by atoms with E-state index in [1.807, 2.05) is 13.0 Å². The zero-order chi connectivity index (χ0) is 15.2. The fraction of sp³-hybridized carbons (Fsp3) is 0.467. The third-order valence-electron chi connectivity index (χ3n) is 4.34. The van der Waals surface area contributed by atoms with E-state index < -0.39 is 5.41 Å². The number of carbonyl (C=O) groups is 1. The Hall–Kier alpha value is -2.24. The number of benzene rings is 1. The SMILES string of the molecule is COc1cc2c(c(OC)c1OC)C1=NNC(=O)[C@]1(C)CC2. The lowest BCUT2D eigenvalue weighted by Gasteiger charge is -2.31. The summed E-state index contributed by atoms with van der Waals surface area (Å²) in [6.07, 6.45) is 1.47. The average molecular weight is 290 g/mol. The molecule has 0 unspecified atom stereocenters. The highest BCUT2D eigenvalue weighted by Crippen LogP contribution is 2.49. The van der Waals surface area contributed by atoms with Gasteiger partial charge in [0.05, 0.1) is 32.5 Å². The molecule has 0 saturated heterocycles. The first-order valence-corrected chi connectivity index (χ1v) is 6.77. The van der Waals surface area contributed by atoms with Gasteiger partial charge in [-0.2, -0.15) is 5.10 Å². The van der Waals surface area contributed by atoms with E-state index in [0.29, 0.717) is 29.4 Å². The highest BCUT2D eigenvalue weighted by Gasteiger charge is 2.48. The standard InChI is InChI=1S/C15H18N2O4/c1-15-6-5-8-7-9(19-2)11(20-3)12(21-4)10(8)13(15)16-17-14(15)18/h7H,5-6H2,1-4H3,(H,17,18)/t15-/m1/s1. The van der Waals surface area contributed by atoms with Crippen molar-refractivity contribution in [1.29, 1.82) is 0 Å². The van der Waals surface area contributed by atoms with Crippen LogP contribution in [0.3, 0.4) is 0 Å². The van der Waals surface area contributed by atoms with Gasteiger partial charge in [0.1, 0.15) is 0 Å². The summed E-state index contributed by atoms with van der Waals surface area (Å²) in [6.45, 7) is 1.91. The van der Waals surface area contributed by atoms with Crippen LogP contribution in [0.4, 0.5) is 0 Å². The van der Waals surface area contributed by atoms with Gasteiger partial charge in [-0.25, -0.2) is 5.43 Å². The Bertz CT molecular complexity index is 654. The average Bonchev–Trinajstić information content (AvgIpc) is 2.80. The van der Waals surface area contributed by atoms with Crippen LogP contribution in [0.2, 0.25) is 0 Å². The molecule has 0 spiro atoms. The van der Waals surface area contributed by atoms with E-state index in [2.05, 4.69) is 10.5 Å². The number of hydrazone groups is 1. The van der Waals surface area contributed by atoms with Gasteiger partial charge in [-0.05, 0) is 31.4 Å². The molecule has 21 heavy (non-hydrogen) atoms. The van der Waals surface area contributed by atoms with Gasteiger partial charge < -0.3 is 14.2 Å². The van der Waals surface area contributed by atoms with Crippen molar-refractivity contribution in [2.24, 2.45) is 10.5 Å². The lowest BCUT2D eigenvalue weighted by atomic mass is 9.71. The van der Waals surface area contributed by atoms with E-state index in [4.69, 9.17) is 14.2 Å². The van der Waals surface area contributed by atoms with Crippen LogP contribution in [0, 0.1) is 5.41 Å². The number of ether oxygens (including phenoxy) is 3. The molecule has 6 nitrogen and oxygen atoms in total. The fourth-order valence-corrected chi connectivity index (χ4v) is 3.07. The molecule has 0 fully saturated rings. The van der Waals surface area contributed by atoms with Crippen LogP contribution in [-0.2, 0) is 11.2 Å². The number of carbonyl (C=O) groups excluding carboxylic acids is 1. The first-order valence-electron chi connectivity index (χ1n) is 6.77. The van der Waals surface area contributed by atoms with Crippen molar-refractivity contribution < 1.29 is 19.0 Å². The zero-order valence-electron chi connectivity index (χ0n) is 12.6. The number of fused-ring (bicyclic) bond motifs is 3. The molecule has 1 aromatic rings. The summed E-state index contributed by atoms with van der Waals surface area (Å²) in [5.74, 6) is 1.63. The van der Waals surface area contributed by atoms with Crippen LogP contribution < -0.4 is 19.6 Å². The van der Waals surface area contributed by atoms with Gasteiger partial charge in [0.15, 0.2) is 11.5 Å². The quantitative estimate of drug-likeness (QED) is 0.916. The molecule has 1 aliphatic heterocycles. The summed E-state index contributed by atoms with van der Waals surface area (Å²) >= 11 is 0. The molecule has 2 aliphatic rings. The van der Waals surface area contributed by atoms with E-state index in [0.717, 1.165) is 17.5 Å². The summed E-state index contributed by atoms with van der Waals surface area (Å²) in [5.41, 5.74) is 4.57. The zero-order valence-corrected chi connectivity index (χ0v) is 12.6. The Morgan fingerprint density at radius 3 is 2.52 bits per heavy atom. The summed E-state index contributed by atoms with van der Waals surface area (Å²) < 4.78 is 16.3. The van der Waals surface area contributed by atoms with Gasteiger partial charge in [0, 0.05) is 5.56 Å². The monoisotopic (exact) mass is 290 g/mol. The molecule has 3 rings (SSSR count). The number of aryl methyl sites for hydroxylation is 1. The smallest absolute Gasteiger partial charge is 0.252 e. The minimum Gasteiger partial charge on any atom is -0.493 e. The topological polar surface area (TPSA) is 69.2 Å². The normalized spacial score (nSPS) is 22.9. The molecule has 112 valence electrons. The van der Waals surface area contributed by atoms with Crippen molar-refractivity contribution in [3.8, 4) is 17.2 Å². The number of nitrogens with one attached hydrogen (secondary N) is 1. The summed E-state index contributed by atoms with van der Waals surface area (Å²) in [6, 6.07) is 1.93. The molecule has 0 radical (unpaired) electrons. The maximum atomic E-state index is 12.1. The van der Waals surface area contributed by atoms with E-state index in [9.17, 15) is 4.79 Å². The summed E-state index contributed by atoms with van der Waals surface area (Å²) in [5, 5.41) is 4.23. The highest BCUT2D eigenvalue weighted by atomic mass is 16.5. The molecule has 1 aromatic carbocycles. The predicted molar refractivity (Wildman–Crippen MR) is 77.2 cm³/mol. The highest BCUT2D eigenvalue weighted by molar-refractivity contribution is 6.22. The third kappa shape index (κ3) is 1.71. The second-order valence-electron chi connectivity index (χ2n) is 5.41. The van der Waals surface area contributed by atoms with Crippen molar-refractivity contribution in [3.05, 3.63) is 17.2 Å². The van der Waals surface area contributed by atoms with Crippen LogP contribution in [0.15, 0.2) is 11.2 Å². The number of hydrogen-bond acceptors (Lipinski definition) is 5. The van der Waals surface area contributed by atoms with E-state index in [1.165, 1.54) is 0 Å². The molecule has 0 bridgehead atoms. The van der Waals surface area contributed by atoms with Crippen molar-refractivity contribution in [2.75, 3.05) is 21.3 Å². The maximum Gasteiger partial charge on any atom is 0.252 e. The molecule has 6 heteroatoms. The molecular weight excluding hydrogens is 272 g/mol. The number of nitrogens with zero attached hydrogens (tertiary/aromatic N) is 1. The van der Waals surface area contributed by atoms with E-state index in [-0.39, 0.29) is 5.91 Å². The number of methoxy groups -OCH3 is 3. The van der Waals surface area contributed by atoms with Crippen molar-refractivity contribution in [1.82, 2.24) is 5.43 Å². The second-order valence-corrected chi connectivity index (χ2v) is 5.41. The molecule has 1 atom stereocenters. The largest absolute Gasteiger partial charge is 0.493 e. The van der Waals surface area contributed by atoms with Gasteiger partial charge in [-0.1, -0.05) is 0 Å². The van der Waals surface area contributed by atoms with Crippen LogP contribution >= 0.6 is 0 Å². The number of rotatable bonds is 3.